The van der Waals surface area contributed by atoms with Crippen molar-refractivity contribution in [2.24, 2.45) is 17.8 Å². The van der Waals surface area contributed by atoms with Crippen LogP contribution in [0, 0.1) is 17.8 Å². The van der Waals surface area contributed by atoms with E-state index in [9.17, 15) is 25.5 Å². The summed E-state index contributed by atoms with van der Waals surface area (Å²) in [6.45, 7) is 14.0. The van der Waals surface area contributed by atoms with Crippen molar-refractivity contribution in [3.63, 3.8) is 0 Å². The number of aliphatic hydroxyl groups is 5. The van der Waals surface area contributed by atoms with Gasteiger partial charge in [-0.05, 0) is 84.0 Å². The van der Waals surface area contributed by atoms with Crippen LogP contribution in [0.4, 0.5) is 0 Å². The van der Waals surface area contributed by atoms with E-state index < -0.39 is 24.4 Å². The molecular formula is C35H62O5. The van der Waals surface area contributed by atoms with Crippen molar-refractivity contribution >= 4 is 0 Å². The zero-order valence-corrected chi connectivity index (χ0v) is 26.5. The summed E-state index contributed by atoms with van der Waals surface area (Å²) in [6, 6.07) is 0. The summed E-state index contributed by atoms with van der Waals surface area (Å²) >= 11 is 0. The molecule has 0 heterocycles. The summed E-state index contributed by atoms with van der Waals surface area (Å²) in [7, 11) is 0. The highest BCUT2D eigenvalue weighted by Crippen LogP contribution is 2.24. The van der Waals surface area contributed by atoms with Crippen LogP contribution < -0.4 is 0 Å². The molecule has 0 aliphatic carbocycles. The van der Waals surface area contributed by atoms with Gasteiger partial charge in [0.25, 0.3) is 0 Å². The fraction of sp³-hybridized carbons (Fsp3) is 0.714. The first-order valence-electron chi connectivity index (χ1n) is 15.7. The Balaban J connectivity index is 4.72. The fourth-order valence-corrected chi connectivity index (χ4v) is 4.56. The SMILES string of the molecule is C/C=C/C(C)C(O)/C=C/C(C)=C/CC(O)C(C)CCC(O)CCC(CCCC)C(O)/C=C/C(C)=C/CC(O)CC. The van der Waals surface area contributed by atoms with Gasteiger partial charge in [-0.2, -0.15) is 0 Å². The van der Waals surface area contributed by atoms with Gasteiger partial charge in [0.2, 0.25) is 0 Å². The minimum atomic E-state index is -0.560. The molecule has 0 aliphatic rings. The second kappa shape index (κ2) is 23.1. The molecule has 0 bridgehead atoms. The topological polar surface area (TPSA) is 101 Å². The first-order valence-corrected chi connectivity index (χ1v) is 15.7. The molecule has 0 radical (unpaired) electrons. The molecule has 0 aliphatic heterocycles. The summed E-state index contributed by atoms with van der Waals surface area (Å²) in [6.07, 6.45) is 20.7. The van der Waals surface area contributed by atoms with E-state index in [0.717, 1.165) is 49.7 Å². The molecule has 8 unspecified atom stereocenters. The van der Waals surface area contributed by atoms with E-state index in [2.05, 4.69) is 6.92 Å². The molecule has 0 saturated carbocycles. The Morgan fingerprint density at radius 3 is 1.82 bits per heavy atom. The van der Waals surface area contributed by atoms with Gasteiger partial charge in [-0.25, -0.2) is 0 Å². The number of hydrogen-bond acceptors (Lipinski definition) is 5. The standard InChI is InChI=1S/C35H62O5/c1-8-11-13-30(35(40)25-17-26(4)14-20-31(36)10-3)19-22-32(37)21-18-29(7)34(39)24-16-27(5)15-23-33(38)28(6)12-9-2/h9,12,14-17,23,25,28-40H,8,10-11,13,18-22,24H2,1-7H3/b12-9+,23-15+,25-17+,26-14+,27-16+. The molecular weight excluding hydrogens is 500 g/mol. The molecule has 40 heavy (non-hydrogen) atoms. The van der Waals surface area contributed by atoms with E-state index in [-0.39, 0.29) is 23.9 Å². The summed E-state index contributed by atoms with van der Waals surface area (Å²) in [4.78, 5) is 0. The van der Waals surface area contributed by atoms with Gasteiger partial charge < -0.3 is 25.5 Å². The zero-order chi connectivity index (χ0) is 30.5. The lowest BCUT2D eigenvalue weighted by molar-refractivity contribution is 0.0825. The lowest BCUT2D eigenvalue weighted by atomic mass is 9.88. The van der Waals surface area contributed by atoms with E-state index in [1.54, 1.807) is 6.08 Å². The van der Waals surface area contributed by atoms with Gasteiger partial charge in [0.15, 0.2) is 0 Å². The average Bonchev–Trinajstić information content (AvgIpc) is 2.94. The van der Waals surface area contributed by atoms with Gasteiger partial charge in [0.05, 0.1) is 30.5 Å². The van der Waals surface area contributed by atoms with Gasteiger partial charge in [0, 0.05) is 5.92 Å². The summed E-state index contributed by atoms with van der Waals surface area (Å²) in [5.41, 5.74) is 2.04. The minimum absolute atomic E-state index is 0.0604. The number of allylic oxidation sites excluding steroid dienone is 5. The number of rotatable bonds is 22. The minimum Gasteiger partial charge on any atom is -0.393 e. The number of aliphatic hydroxyl groups excluding tert-OH is 5. The van der Waals surface area contributed by atoms with Crippen molar-refractivity contribution in [1.29, 1.82) is 0 Å². The van der Waals surface area contributed by atoms with Crippen LogP contribution >= 0.6 is 0 Å². The highest BCUT2D eigenvalue weighted by Gasteiger charge is 2.20. The number of hydrogen-bond donors (Lipinski definition) is 5. The molecule has 0 aromatic carbocycles. The molecule has 5 heteroatoms. The van der Waals surface area contributed by atoms with E-state index in [1.165, 1.54) is 0 Å². The van der Waals surface area contributed by atoms with Crippen molar-refractivity contribution < 1.29 is 25.5 Å². The molecule has 8 atom stereocenters. The zero-order valence-electron chi connectivity index (χ0n) is 26.5. The molecule has 0 aromatic heterocycles. The number of unbranched alkanes of at least 4 members (excludes halogenated alkanes) is 1. The van der Waals surface area contributed by atoms with E-state index in [4.69, 9.17) is 0 Å². The normalized spacial score (nSPS) is 19.7. The van der Waals surface area contributed by atoms with Crippen LogP contribution in [0.15, 0.2) is 59.8 Å². The fourth-order valence-electron chi connectivity index (χ4n) is 4.56. The van der Waals surface area contributed by atoms with E-state index in [0.29, 0.717) is 25.7 Å². The Bertz CT molecular complexity index is 781. The third-order valence-electron chi connectivity index (χ3n) is 7.91. The molecule has 0 spiro atoms. The van der Waals surface area contributed by atoms with Crippen LogP contribution in [-0.2, 0) is 0 Å². The molecule has 5 N–H and O–H groups in total. The maximum absolute atomic E-state index is 10.8. The van der Waals surface area contributed by atoms with Crippen LogP contribution in [0.25, 0.3) is 0 Å². The van der Waals surface area contributed by atoms with Crippen LogP contribution in [0.2, 0.25) is 0 Å². The summed E-state index contributed by atoms with van der Waals surface area (Å²) in [5.74, 6) is 0.224. The molecule has 0 saturated heterocycles. The lowest BCUT2D eigenvalue weighted by Gasteiger charge is -2.23. The monoisotopic (exact) mass is 562 g/mol. The molecule has 0 amide bonds. The van der Waals surface area contributed by atoms with Gasteiger partial charge in [-0.3, -0.25) is 0 Å². The molecule has 0 aromatic rings. The largest absolute Gasteiger partial charge is 0.393 e. The summed E-state index contributed by atoms with van der Waals surface area (Å²) < 4.78 is 0. The predicted molar refractivity (Wildman–Crippen MR) is 170 cm³/mol. The van der Waals surface area contributed by atoms with Gasteiger partial charge in [-0.1, -0.05) is 100 Å². The highest BCUT2D eigenvalue weighted by molar-refractivity contribution is 5.18. The van der Waals surface area contributed by atoms with Gasteiger partial charge in [0.1, 0.15) is 0 Å². The van der Waals surface area contributed by atoms with Crippen LogP contribution in [0.5, 0.6) is 0 Å². The first-order chi connectivity index (χ1) is 18.9. The smallest absolute Gasteiger partial charge is 0.0783 e. The Hall–Kier alpha value is -1.50. The van der Waals surface area contributed by atoms with Crippen molar-refractivity contribution in [3.05, 3.63) is 59.8 Å². The van der Waals surface area contributed by atoms with Gasteiger partial charge in [-0.15, -0.1) is 0 Å². The Kier molecular flexibility index (Phi) is 22.2. The second-order valence-corrected chi connectivity index (χ2v) is 11.8. The average molecular weight is 563 g/mol. The van der Waals surface area contributed by atoms with Crippen LogP contribution in [0.3, 0.4) is 0 Å². The lowest BCUT2D eigenvalue weighted by Crippen LogP contribution is -2.22. The van der Waals surface area contributed by atoms with Crippen LogP contribution in [-0.4, -0.2) is 56.1 Å². The third kappa shape index (κ3) is 18.8. The Labute approximate surface area is 246 Å². The third-order valence-corrected chi connectivity index (χ3v) is 7.91. The van der Waals surface area contributed by atoms with Crippen molar-refractivity contribution in [2.75, 3.05) is 0 Å². The molecule has 0 rings (SSSR count). The van der Waals surface area contributed by atoms with Crippen LogP contribution in [0.1, 0.15) is 113 Å². The maximum atomic E-state index is 10.8. The maximum Gasteiger partial charge on any atom is 0.0783 e. The van der Waals surface area contributed by atoms with E-state index >= 15 is 0 Å². The quantitative estimate of drug-likeness (QED) is 0.0709. The van der Waals surface area contributed by atoms with Gasteiger partial charge >= 0.3 is 0 Å². The van der Waals surface area contributed by atoms with Crippen molar-refractivity contribution in [2.45, 2.75) is 143 Å². The molecule has 0 fully saturated rings. The predicted octanol–water partition coefficient (Wildman–Crippen LogP) is 7.20. The van der Waals surface area contributed by atoms with E-state index in [1.807, 2.05) is 84.1 Å². The highest BCUT2D eigenvalue weighted by atomic mass is 16.3. The van der Waals surface area contributed by atoms with Crippen molar-refractivity contribution in [1.82, 2.24) is 0 Å². The van der Waals surface area contributed by atoms with Crippen molar-refractivity contribution in [3.8, 4) is 0 Å². The Morgan fingerprint density at radius 1 is 0.675 bits per heavy atom. The summed E-state index contributed by atoms with van der Waals surface area (Å²) in [5, 5.41) is 52.0. The molecule has 232 valence electrons. The Morgan fingerprint density at radius 2 is 1.25 bits per heavy atom. The first kappa shape index (κ1) is 38.5. The second-order valence-electron chi connectivity index (χ2n) is 11.8. The molecule has 5 nitrogen and oxygen atoms in total.